The SMILES string of the molecule is Cc1oc2ccc(OCc3cncnc3)cc2c1C(=O)NC1CCNC1=O. The Morgan fingerprint density at radius 2 is 2.19 bits per heavy atom. The van der Waals surface area contributed by atoms with Crippen molar-refractivity contribution in [2.75, 3.05) is 6.54 Å². The monoisotopic (exact) mass is 366 g/mol. The molecule has 27 heavy (non-hydrogen) atoms. The molecule has 0 radical (unpaired) electrons. The zero-order valence-electron chi connectivity index (χ0n) is 14.7. The number of aromatic nitrogens is 2. The van der Waals surface area contributed by atoms with E-state index in [2.05, 4.69) is 20.6 Å². The van der Waals surface area contributed by atoms with Crippen molar-refractivity contribution in [3.8, 4) is 5.75 Å². The number of nitrogens with zero attached hydrogens (tertiary/aromatic N) is 2. The molecule has 3 aromatic rings. The number of fused-ring (bicyclic) bond motifs is 1. The van der Waals surface area contributed by atoms with Gasteiger partial charge in [-0.05, 0) is 31.5 Å². The molecule has 0 spiro atoms. The topological polar surface area (TPSA) is 106 Å². The Labute approximate surface area is 154 Å². The van der Waals surface area contributed by atoms with Crippen LogP contribution in [0.2, 0.25) is 0 Å². The predicted molar refractivity (Wildman–Crippen MR) is 96.2 cm³/mol. The van der Waals surface area contributed by atoms with Crippen LogP contribution in [0.5, 0.6) is 5.75 Å². The second-order valence-electron chi connectivity index (χ2n) is 6.33. The van der Waals surface area contributed by atoms with Crippen molar-refractivity contribution < 1.29 is 18.7 Å². The van der Waals surface area contributed by atoms with Gasteiger partial charge in [-0.15, -0.1) is 0 Å². The van der Waals surface area contributed by atoms with Crippen molar-refractivity contribution in [2.24, 2.45) is 0 Å². The molecule has 8 heteroatoms. The van der Waals surface area contributed by atoms with Gasteiger partial charge in [0.15, 0.2) is 0 Å². The summed E-state index contributed by atoms with van der Waals surface area (Å²) in [5, 5.41) is 6.12. The number of amides is 2. The number of nitrogens with one attached hydrogen (secondary N) is 2. The number of ether oxygens (including phenoxy) is 1. The highest BCUT2D eigenvalue weighted by atomic mass is 16.5. The number of furan rings is 1. The van der Waals surface area contributed by atoms with Crippen LogP contribution < -0.4 is 15.4 Å². The Balaban J connectivity index is 1.57. The number of benzene rings is 1. The summed E-state index contributed by atoms with van der Waals surface area (Å²) in [5.41, 5.74) is 1.84. The standard InChI is InChI=1S/C19H18N4O4/c1-11-17(19(25)23-15-4-5-22-18(15)24)14-6-13(2-3-16(14)27-11)26-9-12-7-20-10-21-8-12/h2-3,6-8,10,15H,4-5,9H2,1H3,(H,22,24)(H,23,25). The Morgan fingerprint density at radius 3 is 2.93 bits per heavy atom. The molecule has 2 N–H and O–H groups in total. The number of rotatable bonds is 5. The summed E-state index contributed by atoms with van der Waals surface area (Å²) in [4.78, 5) is 32.3. The molecule has 0 aliphatic carbocycles. The van der Waals surface area contributed by atoms with Gasteiger partial charge in [-0.25, -0.2) is 9.97 Å². The lowest BCUT2D eigenvalue weighted by Crippen LogP contribution is -2.40. The molecular weight excluding hydrogens is 348 g/mol. The lowest BCUT2D eigenvalue weighted by Gasteiger charge is -2.10. The Kier molecular flexibility index (Phi) is 4.45. The molecule has 1 fully saturated rings. The van der Waals surface area contributed by atoms with Crippen LogP contribution in [0.4, 0.5) is 0 Å². The number of carbonyl (C=O) groups excluding carboxylic acids is 2. The predicted octanol–water partition coefficient (Wildman–Crippen LogP) is 1.73. The van der Waals surface area contributed by atoms with Gasteiger partial charge in [-0.1, -0.05) is 0 Å². The van der Waals surface area contributed by atoms with Crippen LogP contribution in [0.25, 0.3) is 11.0 Å². The van der Waals surface area contributed by atoms with E-state index in [-0.39, 0.29) is 11.8 Å². The molecule has 1 aromatic carbocycles. The van der Waals surface area contributed by atoms with E-state index in [1.165, 1.54) is 6.33 Å². The van der Waals surface area contributed by atoms with E-state index in [1.807, 2.05) is 0 Å². The minimum atomic E-state index is -0.514. The van der Waals surface area contributed by atoms with Gasteiger partial charge < -0.3 is 19.8 Å². The first-order valence-electron chi connectivity index (χ1n) is 8.60. The summed E-state index contributed by atoms with van der Waals surface area (Å²) in [6.07, 6.45) is 5.39. The van der Waals surface area contributed by atoms with Gasteiger partial charge in [-0.3, -0.25) is 9.59 Å². The molecule has 1 atom stereocenters. The number of hydrogen-bond donors (Lipinski definition) is 2. The van der Waals surface area contributed by atoms with E-state index in [9.17, 15) is 9.59 Å². The molecule has 0 saturated carbocycles. The first-order valence-corrected chi connectivity index (χ1v) is 8.60. The highest BCUT2D eigenvalue weighted by Gasteiger charge is 2.28. The maximum Gasteiger partial charge on any atom is 0.256 e. The Morgan fingerprint density at radius 1 is 1.37 bits per heavy atom. The third kappa shape index (κ3) is 3.46. The van der Waals surface area contributed by atoms with Crippen LogP contribution in [0.1, 0.15) is 28.1 Å². The normalized spacial score (nSPS) is 16.3. The smallest absolute Gasteiger partial charge is 0.256 e. The van der Waals surface area contributed by atoms with Gasteiger partial charge in [0.25, 0.3) is 5.91 Å². The van der Waals surface area contributed by atoms with Gasteiger partial charge in [0.05, 0.1) is 5.56 Å². The molecule has 1 aliphatic heterocycles. The fourth-order valence-electron chi connectivity index (χ4n) is 3.10. The van der Waals surface area contributed by atoms with Gasteiger partial charge in [0.2, 0.25) is 5.91 Å². The van der Waals surface area contributed by atoms with E-state index in [0.29, 0.717) is 47.6 Å². The molecule has 0 bridgehead atoms. The highest BCUT2D eigenvalue weighted by molar-refractivity contribution is 6.08. The Bertz CT molecular complexity index is 1000. The lowest BCUT2D eigenvalue weighted by atomic mass is 10.1. The van der Waals surface area contributed by atoms with Crippen LogP contribution in [0.15, 0.2) is 41.3 Å². The first-order chi connectivity index (χ1) is 13.1. The maximum atomic E-state index is 12.7. The van der Waals surface area contributed by atoms with Crippen molar-refractivity contribution in [1.29, 1.82) is 0 Å². The van der Waals surface area contributed by atoms with E-state index in [4.69, 9.17) is 9.15 Å². The van der Waals surface area contributed by atoms with Gasteiger partial charge in [0.1, 0.15) is 36.1 Å². The van der Waals surface area contributed by atoms with Gasteiger partial charge >= 0.3 is 0 Å². The molecule has 1 aliphatic rings. The minimum absolute atomic E-state index is 0.164. The largest absolute Gasteiger partial charge is 0.489 e. The van der Waals surface area contributed by atoms with E-state index >= 15 is 0 Å². The molecule has 2 amide bonds. The number of hydrogen-bond acceptors (Lipinski definition) is 6. The maximum absolute atomic E-state index is 12.7. The average Bonchev–Trinajstić information content (AvgIpc) is 3.22. The van der Waals surface area contributed by atoms with Crippen LogP contribution in [-0.4, -0.2) is 34.4 Å². The molecule has 2 aromatic heterocycles. The summed E-state index contributed by atoms with van der Waals surface area (Å²) >= 11 is 0. The van der Waals surface area contributed by atoms with Gasteiger partial charge in [0, 0.05) is 29.9 Å². The third-order valence-corrected chi connectivity index (χ3v) is 4.44. The molecule has 1 saturated heterocycles. The second kappa shape index (κ2) is 7.06. The zero-order valence-corrected chi connectivity index (χ0v) is 14.7. The summed E-state index contributed by atoms with van der Waals surface area (Å²) in [5.74, 6) is 0.596. The van der Waals surface area contributed by atoms with Crippen LogP contribution in [0.3, 0.4) is 0 Å². The highest BCUT2D eigenvalue weighted by Crippen LogP contribution is 2.29. The molecule has 3 heterocycles. The summed E-state index contributed by atoms with van der Waals surface area (Å²) in [6, 6.07) is 4.79. The molecule has 138 valence electrons. The summed E-state index contributed by atoms with van der Waals surface area (Å²) in [7, 11) is 0. The van der Waals surface area contributed by atoms with Crippen molar-refractivity contribution in [3.63, 3.8) is 0 Å². The van der Waals surface area contributed by atoms with Gasteiger partial charge in [-0.2, -0.15) is 0 Å². The quantitative estimate of drug-likeness (QED) is 0.712. The fraction of sp³-hybridized carbons (Fsp3) is 0.263. The van der Waals surface area contributed by atoms with E-state index in [0.717, 1.165) is 5.56 Å². The fourth-order valence-corrected chi connectivity index (χ4v) is 3.10. The lowest BCUT2D eigenvalue weighted by molar-refractivity contribution is -0.120. The average molecular weight is 366 g/mol. The Hall–Kier alpha value is -3.42. The summed E-state index contributed by atoms with van der Waals surface area (Å²) in [6.45, 7) is 2.61. The van der Waals surface area contributed by atoms with E-state index < -0.39 is 6.04 Å². The third-order valence-electron chi connectivity index (χ3n) is 4.44. The van der Waals surface area contributed by atoms with E-state index in [1.54, 1.807) is 37.5 Å². The minimum Gasteiger partial charge on any atom is -0.489 e. The zero-order chi connectivity index (χ0) is 18.8. The molecular formula is C19H18N4O4. The van der Waals surface area contributed by atoms with Crippen LogP contribution in [-0.2, 0) is 11.4 Å². The molecule has 4 rings (SSSR count). The van der Waals surface area contributed by atoms with Crippen molar-refractivity contribution in [3.05, 3.63) is 53.8 Å². The summed E-state index contributed by atoms with van der Waals surface area (Å²) < 4.78 is 11.5. The number of aryl methyl sites for hydroxylation is 1. The first kappa shape index (κ1) is 17.0. The molecule has 8 nitrogen and oxygen atoms in total. The van der Waals surface area contributed by atoms with Crippen LogP contribution in [0, 0.1) is 6.92 Å². The second-order valence-corrected chi connectivity index (χ2v) is 6.33. The van der Waals surface area contributed by atoms with Crippen molar-refractivity contribution in [2.45, 2.75) is 26.0 Å². The molecule has 1 unspecified atom stereocenters. The van der Waals surface area contributed by atoms with Crippen molar-refractivity contribution >= 4 is 22.8 Å². The number of carbonyl (C=O) groups is 2. The van der Waals surface area contributed by atoms with Crippen molar-refractivity contribution in [1.82, 2.24) is 20.6 Å². The van der Waals surface area contributed by atoms with Crippen LogP contribution >= 0.6 is 0 Å².